The van der Waals surface area contributed by atoms with Crippen molar-refractivity contribution in [3.8, 4) is 5.75 Å². The van der Waals surface area contributed by atoms with Gasteiger partial charge < -0.3 is 21.5 Å². The Morgan fingerprint density at radius 1 is 1.13 bits per heavy atom. The molecule has 0 fully saturated rings. The van der Waals surface area contributed by atoms with E-state index in [1.165, 1.54) is 24.3 Å². The number of carbonyl (C=O) groups excluding carboxylic acids is 3. The summed E-state index contributed by atoms with van der Waals surface area (Å²) in [6, 6.07) is 5.78. The van der Waals surface area contributed by atoms with Gasteiger partial charge >= 0.3 is 0 Å². The Balaban J connectivity index is 2.05. The molecule has 5 N–H and O–H groups in total. The van der Waals surface area contributed by atoms with Gasteiger partial charge in [-0.05, 0) is 29.6 Å². The molecule has 23 heavy (non-hydrogen) atoms. The van der Waals surface area contributed by atoms with Gasteiger partial charge in [0.2, 0.25) is 0 Å². The number of thiophene rings is 1. The van der Waals surface area contributed by atoms with Crippen LogP contribution in [0.1, 0.15) is 20.7 Å². The van der Waals surface area contributed by atoms with E-state index in [4.69, 9.17) is 27.8 Å². The average Bonchev–Trinajstić information content (AvgIpc) is 2.93. The van der Waals surface area contributed by atoms with Crippen LogP contribution in [-0.4, -0.2) is 24.3 Å². The molecule has 120 valence electrons. The first-order valence-corrected chi connectivity index (χ1v) is 7.53. The second kappa shape index (κ2) is 7.12. The number of hydrogen-bond acceptors (Lipinski definition) is 5. The van der Waals surface area contributed by atoms with Crippen molar-refractivity contribution < 1.29 is 19.1 Å². The van der Waals surface area contributed by atoms with E-state index in [0.29, 0.717) is 10.0 Å². The van der Waals surface area contributed by atoms with Gasteiger partial charge in [-0.3, -0.25) is 14.4 Å². The number of primary amides is 2. The van der Waals surface area contributed by atoms with E-state index in [9.17, 15) is 14.4 Å². The lowest BCUT2D eigenvalue weighted by atomic mass is 10.2. The highest BCUT2D eigenvalue weighted by atomic mass is 35.5. The van der Waals surface area contributed by atoms with Crippen LogP contribution in [-0.2, 0) is 4.79 Å². The first-order valence-electron chi connectivity index (χ1n) is 6.27. The lowest BCUT2D eigenvalue weighted by Crippen LogP contribution is -2.23. The average molecular weight is 354 g/mol. The van der Waals surface area contributed by atoms with Gasteiger partial charge in [-0.1, -0.05) is 11.6 Å². The maximum absolute atomic E-state index is 11.9. The first kappa shape index (κ1) is 16.8. The molecule has 0 radical (unpaired) electrons. The van der Waals surface area contributed by atoms with Crippen molar-refractivity contribution in [1.29, 1.82) is 0 Å². The van der Waals surface area contributed by atoms with Crippen LogP contribution in [0.2, 0.25) is 5.02 Å². The molecule has 0 atom stereocenters. The highest BCUT2D eigenvalue weighted by Crippen LogP contribution is 2.24. The quantitative estimate of drug-likeness (QED) is 0.729. The van der Waals surface area contributed by atoms with Crippen molar-refractivity contribution in [2.75, 3.05) is 11.9 Å². The van der Waals surface area contributed by atoms with Crippen LogP contribution in [0.25, 0.3) is 0 Å². The van der Waals surface area contributed by atoms with E-state index >= 15 is 0 Å². The number of anilines is 1. The molecule has 7 nitrogen and oxygen atoms in total. The number of halogens is 1. The Morgan fingerprint density at radius 2 is 1.83 bits per heavy atom. The highest BCUT2D eigenvalue weighted by Gasteiger charge is 2.15. The van der Waals surface area contributed by atoms with Crippen molar-refractivity contribution in [1.82, 2.24) is 0 Å². The minimum Gasteiger partial charge on any atom is -0.483 e. The number of rotatable bonds is 6. The summed E-state index contributed by atoms with van der Waals surface area (Å²) in [5.41, 5.74) is 10.7. The van der Waals surface area contributed by atoms with Gasteiger partial charge in [-0.2, -0.15) is 0 Å². The number of nitrogens with two attached hydrogens (primary N) is 2. The molecule has 0 aliphatic rings. The third-order valence-electron chi connectivity index (χ3n) is 2.75. The summed E-state index contributed by atoms with van der Waals surface area (Å²) in [4.78, 5) is 34.4. The fourth-order valence-corrected chi connectivity index (χ4v) is 2.70. The van der Waals surface area contributed by atoms with Crippen LogP contribution < -0.4 is 21.5 Å². The van der Waals surface area contributed by atoms with Crippen LogP contribution in [0, 0.1) is 0 Å². The molecule has 0 bridgehead atoms. The molecule has 0 aliphatic heterocycles. The van der Waals surface area contributed by atoms with Crippen LogP contribution in [0.5, 0.6) is 5.75 Å². The maximum atomic E-state index is 11.9. The zero-order valence-electron chi connectivity index (χ0n) is 11.7. The summed E-state index contributed by atoms with van der Waals surface area (Å²) in [5, 5.41) is 4.79. The van der Waals surface area contributed by atoms with Crippen molar-refractivity contribution in [2.45, 2.75) is 0 Å². The Hall–Kier alpha value is -2.58. The number of ether oxygens (including phenoxy) is 1. The molecule has 0 saturated heterocycles. The zero-order chi connectivity index (χ0) is 17.0. The van der Waals surface area contributed by atoms with Crippen molar-refractivity contribution in [2.24, 2.45) is 11.5 Å². The number of carbonyl (C=O) groups is 3. The molecule has 0 aliphatic carbocycles. The minimum absolute atomic E-state index is 0.0986. The lowest BCUT2D eigenvalue weighted by Gasteiger charge is -2.10. The minimum atomic E-state index is -0.702. The highest BCUT2D eigenvalue weighted by molar-refractivity contribution is 7.14. The summed E-state index contributed by atoms with van der Waals surface area (Å²) in [5.74, 6) is -1.77. The van der Waals surface area contributed by atoms with Gasteiger partial charge in [0, 0.05) is 5.02 Å². The molecule has 1 aromatic carbocycles. The van der Waals surface area contributed by atoms with Gasteiger partial charge in [-0.15, -0.1) is 11.3 Å². The number of amides is 3. The fraction of sp³-hybridized carbons (Fsp3) is 0.0714. The van der Waals surface area contributed by atoms with Crippen molar-refractivity contribution in [3.05, 3.63) is 45.8 Å². The molecule has 1 heterocycles. The molecule has 2 aromatic rings. The SMILES string of the molecule is NC(=O)c1ccc(Cl)cc1OCC(=O)Nc1sccc1C(N)=O. The van der Waals surface area contributed by atoms with E-state index < -0.39 is 24.3 Å². The molecular weight excluding hydrogens is 342 g/mol. The topological polar surface area (TPSA) is 125 Å². The Kier molecular flexibility index (Phi) is 5.20. The van der Waals surface area contributed by atoms with E-state index in [1.807, 2.05) is 0 Å². The number of benzene rings is 1. The van der Waals surface area contributed by atoms with Gasteiger partial charge in [-0.25, -0.2) is 0 Å². The van der Waals surface area contributed by atoms with Crippen LogP contribution in [0.15, 0.2) is 29.6 Å². The lowest BCUT2D eigenvalue weighted by molar-refractivity contribution is -0.118. The smallest absolute Gasteiger partial charge is 0.262 e. The summed E-state index contributed by atoms with van der Waals surface area (Å²) < 4.78 is 5.28. The van der Waals surface area contributed by atoms with Gasteiger partial charge in [0.25, 0.3) is 17.7 Å². The molecule has 0 saturated carbocycles. The largest absolute Gasteiger partial charge is 0.483 e. The van der Waals surface area contributed by atoms with Gasteiger partial charge in [0.15, 0.2) is 6.61 Å². The monoisotopic (exact) mass is 353 g/mol. The molecule has 9 heteroatoms. The Labute approximate surface area is 140 Å². The zero-order valence-corrected chi connectivity index (χ0v) is 13.2. The summed E-state index contributed by atoms with van der Waals surface area (Å²) in [7, 11) is 0. The second-order valence-corrected chi connectivity index (χ2v) is 5.72. The van der Waals surface area contributed by atoms with E-state index in [1.54, 1.807) is 5.38 Å². The van der Waals surface area contributed by atoms with Crippen LogP contribution in [0.3, 0.4) is 0 Å². The molecule has 1 aromatic heterocycles. The van der Waals surface area contributed by atoms with Crippen LogP contribution in [0.4, 0.5) is 5.00 Å². The number of hydrogen-bond donors (Lipinski definition) is 3. The maximum Gasteiger partial charge on any atom is 0.262 e. The molecule has 2 rings (SSSR count). The summed E-state index contributed by atoms with van der Waals surface area (Å²) >= 11 is 6.98. The van der Waals surface area contributed by atoms with Crippen molar-refractivity contribution >= 4 is 45.7 Å². The summed E-state index contributed by atoms with van der Waals surface area (Å²) in [6.07, 6.45) is 0. The van der Waals surface area contributed by atoms with Crippen molar-refractivity contribution in [3.63, 3.8) is 0 Å². The van der Waals surface area contributed by atoms with Gasteiger partial charge in [0.05, 0.1) is 11.1 Å². The second-order valence-electron chi connectivity index (χ2n) is 4.37. The third kappa shape index (κ3) is 4.21. The predicted molar refractivity (Wildman–Crippen MR) is 86.9 cm³/mol. The Bertz CT molecular complexity index is 775. The molecule has 0 unspecified atom stereocenters. The predicted octanol–water partition coefficient (Wildman–Crippen LogP) is 1.62. The van der Waals surface area contributed by atoms with E-state index in [-0.39, 0.29) is 16.9 Å². The molecular formula is C14H12ClN3O4S. The van der Waals surface area contributed by atoms with E-state index in [0.717, 1.165) is 11.3 Å². The first-order chi connectivity index (χ1) is 10.9. The number of nitrogens with one attached hydrogen (secondary N) is 1. The van der Waals surface area contributed by atoms with E-state index in [2.05, 4.69) is 5.32 Å². The molecule has 0 spiro atoms. The Morgan fingerprint density at radius 3 is 2.48 bits per heavy atom. The normalized spacial score (nSPS) is 10.1. The summed E-state index contributed by atoms with van der Waals surface area (Å²) in [6.45, 7) is -0.392. The molecule has 3 amide bonds. The standard InChI is InChI=1S/C14H12ClN3O4S/c15-7-1-2-8(12(16)20)10(5-7)22-6-11(19)18-14-9(13(17)21)3-4-23-14/h1-5H,6H2,(H2,16,20)(H2,17,21)(H,18,19). The van der Waals surface area contributed by atoms with Gasteiger partial charge in [0.1, 0.15) is 10.8 Å². The fourth-order valence-electron chi connectivity index (χ4n) is 1.73. The van der Waals surface area contributed by atoms with Crippen LogP contribution >= 0.6 is 22.9 Å². The third-order valence-corrected chi connectivity index (χ3v) is 3.82.